The van der Waals surface area contributed by atoms with E-state index < -0.39 is 13.4 Å². The van der Waals surface area contributed by atoms with E-state index in [-0.39, 0.29) is 18.5 Å². The fourth-order valence-corrected chi connectivity index (χ4v) is 1.97. The average molecular weight is 302 g/mol. The van der Waals surface area contributed by atoms with Gasteiger partial charge in [-0.05, 0) is 19.1 Å². The van der Waals surface area contributed by atoms with Crippen molar-refractivity contribution in [3.05, 3.63) is 34.4 Å². The topological polar surface area (TPSA) is 99.9 Å². The molecule has 1 rings (SSSR count). The Balaban J connectivity index is 2.38. The number of nitrogens with zero attached hydrogens (tertiary/aromatic N) is 1. The van der Waals surface area contributed by atoms with E-state index in [1.165, 1.54) is 31.4 Å². The molecule has 110 valence electrons. The summed E-state index contributed by atoms with van der Waals surface area (Å²) in [6.07, 6.45) is 0.731. The van der Waals surface area contributed by atoms with Crippen LogP contribution < -0.4 is 9.82 Å². The Morgan fingerprint density at radius 3 is 2.60 bits per heavy atom. The van der Waals surface area contributed by atoms with Gasteiger partial charge in [-0.25, -0.2) is 5.09 Å². The number of ether oxygens (including phenoxy) is 1. The number of carbonyl (C=O) groups is 1. The van der Waals surface area contributed by atoms with E-state index in [1.807, 2.05) is 0 Å². The van der Waals surface area contributed by atoms with E-state index in [0.29, 0.717) is 5.75 Å². The molecule has 0 spiro atoms. The largest absolute Gasteiger partial charge is 0.467 e. The lowest BCUT2D eigenvalue weighted by Gasteiger charge is -2.17. The number of non-ortho nitro benzene ring substituents is 1. The number of rotatable bonds is 9. The lowest BCUT2D eigenvalue weighted by Crippen LogP contribution is -2.24. The third kappa shape index (κ3) is 5.58. The molecule has 9 heteroatoms. The Hall–Kier alpha value is -1.60. The molecule has 2 unspecified atom stereocenters. The zero-order valence-electron chi connectivity index (χ0n) is 11.0. The molecule has 0 radical (unpaired) electrons. The maximum atomic E-state index is 10.5. The molecule has 1 aromatic carbocycles. The van der Waals surface area contributed by atoms with E-state index in [1.54, 1.807) is 6.92 Å². The van der Waals surface area contributed by atoms with Crippen molar-refractivity contribution >= 4 is 20.5 Å². The highest BCUT2D eigenvalue weighted by Gasteiger charge is 2.12. The highest BCUT2D eigenvalue weighted by Crippen LogP contribution is 2.32. The third-order valence-electron chi connectivity index (χ3n) is 2.12. The van der Waals surface area contributed by atoms with Crippen LogP contribution in [0.4, 0.5) is 5.69 Å². The first kappa shape index (κ1) is 16.5. The molecule has 0 amide bonds. The highest BCUT2D eigenvalue weighted by atomic mass is 31.2. The van der Waals surface area contributed by atoms with Crippen LogP contribution in [0.15, 0.2) is 24.3 Å². The lowest BCUT2D eigenvalue weighted by atomic mass is 10.3. The van der Waals surface area contributed by atoms with E-state index >= 15 is 0 Å². The predicted octanol–water partition coefficient (Wildman–Crippen LogP) is 2.00. The fourth-order valence-electron chi connectivity index (χ4n) is 1.15. The summed E-state index contributed by atoms with van der Waals surface area (Å²) >= 11 is 0. The summed E-state index contributed by atoms with van der Waals surface area (Å²) in [6.45, 7) is 1.57. The van der Waals surface area contributed by atoms with Gasteiger partial charge in [-0.3, -0.25) is 14.6 Å². The van der Waals surface area contributed by atoms with Crippen LogP contribution in [0.25, 0.3) is 0 Å². The minimum absolute atomic E-state index is 0.0149. The first-order valence-corrected chi connectivity index (χ1v) is 6.80. The number of benzene rings is 1. The van der Waals surface area contributed by atoms with Gasteiger partial charge in [-0.2, -0.15) is 0 Å². The van der Waals surface area contributed by atoms with Gasteiger partial charge >= 0.3 is 0 Å². The number of hydrogen-bond donors (Lipinski definition) is 1. The maximum Gasteiger partial charge on any atom is 0.269 e. The van der Waals surface area contributed by atoms with Crippen LogP contribution in [0.1, 0.15) is 6.92 Å². The smallest absolute Gasteiger partial charge is 0.269 e. The average Bonchev–Trinajstić information content (AvgIpc) is 2.46. The second kappa shape index (κ2) is 8.55. The molecule has 0 saturated heterocycles. The Bertz CT molecular complexity index is 441. The Morgan fingerprint density at radius 1 is 1.45 bits per heavy atom. The van der Waals surface area contributed by atoms with Gasteiger partial charge in [0.15, 0.2) is 6.79 Å². The molecule has 0 bridgehead atoms. The summed E-state index contributed by atoms with van der Waals surface area (Å²) in [5.41, 5.74) is -0.0149. The number of nitro benzene ring substituents is 1. The maximum absolute atomic E-state index is 10.5. The first-order chi connectivity index (χ1) is 9.56. The Labute approximate surface area is 117 Å². The van der Waals surface area contributed by atoms with Crippen LogP contribution in [-0.4, -0.2) is 31.2 Å². The quantitative estimate of drug-likeness (QED) is 0.245. The first-order valence-electron chi connectivity index (χ1n) is 5.62. The summed E-state index contributed by atoms with van der Waals surface area (Å²) in [5, 5.41) is 13.3. The third-order valence-corrected chi connectivity index (χ3v) is 3.41. The zero-order valence-corrected chi connectivity index (χ0v) is 11.9. The number of nitrogens with one attached hydrogen (secondary N) is 1. The van der Waals surface area contributed by atoms with Gasteiger partial charge in [0.2, 0.25) is 0 Å². The summed E-state index contributed by atoms with van der Waals surface area (Å²) in [4.78, 5) is 20.5. The van der Waals surface area contributed by atoms with Gasteiger partial charge in [-0.15, -0.1) is 0 Å². The zero-order chi connectivity index (χ0) is 15.0. The van der Waals surface area contributed by atoms with Crippen molar-refractivity contribution in [2.45, 2.75) is 13.0 Å². The van der Waals surface area contributed by atoms with E-state index in [0.717, 1.165) is 6.29 Å². The molecular formula is C11H15N2O6P. The van der Waals surface area contributed by atoms with Crippen molar-refractivity contribution in [3.63, 3.8) is 0 Å². The highest BCUT2D eigenvalue weighted by molar-refractivity contribution is 7.45. The monoisotopic (exact) mass is 302 g/mol. The van der Waals surface area contributed by atoms with Gasteiger partial charge < -0.3 is 14.1 Å². The normalized spacial score (nSPS) is 13.5. The summed E-state index contributed by atoms with van der Waals surface area (Å²) in [5.74, 6) is 0.435. The van der Waals surface area contributed by atoms with Crippen molar-refractivity contribution in [3.8, 4) is 5.75 Å². The van der Waals surface area contributed by atoms with Crippen LogP contribution in [0, 0.1) is 10.1 Å². The molecule has 0 aliphatic carbocycles. The van der Waals surface area contributed by atoms with Crippen LogP contribution in [-0.2, 0) is 13.8 Å². The molecule has 20 heavy (non-hydrogen) atoms. The van der Waals surface area contributed by atoms with Crippen LogP contribution in [0.5, 0.6) is 5.75 Å². The standard InChI is InChI=1S/C11H15N2O6P/c1-9(7-14)12-20(17-2)19-8-18-11-5-3-10(4-6-11)13(15)16/h3-7,9,12H,8H2,1-2H3. The van der Waals surface area contributed by atoms with Crippen molar-refractivity contribution in [1.82, 2.24) is 5.09 Å². The number of nitro groups is 1. The lowest BCUT2D eigenvalue weighted by molar-refractivity contribution is -0.384. The van der Waals surface area contributed by atoms with Crippen molar-refractivity contribution in [2.24, 2.45) is 0 Å². The number of hydrogen-bond acceptors (Lipinski definition) is 7. The van der Waals surface area contributed by atoms with Gasteiger partial charge in [-0.1, -0.05) is 0 Å². The SMILES string of the molecule is COP(NC(C)C=O)OCOc1ccc([N+](=O)[O-])cc1. The van der Waals surface area contributed by atoms with Gasteiger partial charge in [0, 0.05) is 19.2 Å². The summed E-state index contributed by atoms with van der Waals surface area (Å²) in [6, 6.07) is 5.22. The molecule has 8 nitrogen and oxygen atoms in total. The van der Waals surface area contributed by atoms with E-state index in [4.69, 9.17) is 13.8 Å². The van der Waals surface area contributed by atoms with Crippen LogP contribution >= 0.6 is 8.53 Å². The Kier molecular flexibility index (Phi) is 7.03. The van der Waals surface area contributed by atoms with Crippen LogP contribution in [0.2, 0.25) is 0 Å². The molecule has 0 aliphatic heterocycles. The molecular weight excluding hydrogens is 287 g/mol. The van der Waals surface area contributed by atoms with Crippen molar-refractivity contribution < 1.29 is 23.5 Å². The minimum Gasteiger partial charge on any atom is -0.467 e. The fraction of sp³-hybridized carbons (Fsp3) is 0.364. The predicted molar refractivity (Wildman–Crippen MR) is 72.3 cm³/mol. The molecule has 0 fully saturated rings. The minimum atomic E-state index is -1.43. The Morgan fingerprint density at radius 2 is 2.10 bits per heavy atom. The summed E-state index contributed by atoms with van der Waals surface area (Å²) in [7, 11) is 0.0156. The molecule has 0 saturated carbocycles. The second-order valence-corrected chi connectivity index (χ2v) is 5.03. The molecule has 2 atom stereocenters. The molecule has 1 aromatic rings. The van der Waals surface area contributed by atoms with Gasteiger partial charge in [0.05, 0.1) is 11.0 Å². The van der Waals surface area contributed by atoms with E-state index in [2.05, 4.69) is 5.09 Å². The molecule has 0 heterocycles. The summed E-state index contributed by atoms with van der Waals surface area (Å²) < 4.78 is 15.5. The molecule has 1 N–H and O–H groups in total. The van der Waals surface area contributed by atoms with Crippen molar-refractivity contribution in [2.75, 3.05) is 13.9 Å². The van der Waals surface area contributed by atoms with Gasteiger partial charge in [0.1, 0.15) is 12.0 Å². The molecule has 0 aliphatic rings. The van der Waals surface area contributed by atoms with Crippen LogP contribution in [0.3, 0.4) is 0 Å². The second-order valence-electron chi connectivity index (χ2n) is 3.64. The molecule has 0 aromatic heterocycles. The van der Waals surface area contributed by atoms with E-state index in [9.17, 15) is 14.9 Å². The number of aldehydes is 1. The number of carbonyl (C=O) groups excluding carboxylic acids is 1. The van der Waals surface area contributed by atoms with Gasteiger partial charge in [0.25, 0.3) is 14.2 Å². The van der Waals surface area contributed by atoms with Crippen molar-refractivity contribution in [1.29, 1.82) is 0 Å².